The summed E-state index contributed by atoms with van der Waals surface area (Å²) in [4.78, 5) is 29.9. The molecule has 0 saturated carbocycles. The lowest BCUT2D eigenvalue weighted by atomic mass is 9.99. The first kappa shape index (κ1) is 27.6. The standard InChI is InChI=1S/C30H30N2O8/c1-17-11-20(6-7-24(17)39-30-28(37)27(36)26(35)25(16-33)40-30)21-5-4-19-8-10-32(29(38)23(19)13-21)15-22(34)12-18-3-2-9-31-14-18/h2-11,13-14,25-28,30,33,35-37H,12,15-16H2,1H3. The van der Waals surface area contributed by atoms with Crippen molar-refractivity contribution in [1.82, 2.24) is 9.55 Å². The van der Waals surface area contributed by atoms with Gasteiger partial charge in [-0.2, -0.15) is 0 Å². The summed E-state index contributed by atoms with van der Waals surface area (Å²) in [6.45, 7) is 1.20. The fourth-order valence-electron chi connectivity index (χ4n) is 4.81. The molecule has 10 nitrogen and oxygen atoms in total. The van der Waals surface area contributed by atoms with Crippen molar-refractivity contribution in [1.29, 1.82) is 0 Å². The zero-order chi connectivity index (χ0) is 28.4. The number of pyridine rings is 2. The highest BCUT2D eigenvalue weighted by molar-refractivity contribution is 5.87. The lowest BCUT2D eigenvalue weighted by Gasteiger charge is -2.39. The zero-order valence-corrected chi connectivity index (χ0v) is 21.8. The number of benzene rings is 2. The van der Waals surface area contributed by atoms with Crippen LogP contribution in [0.2, 0.25) is 0 Å². The maximum atomic E-state index is 13.3. The molecule has 3 heterocycles. The predicted octanol–water partition coefficient (Wildman–Crippen LogP) is 1.36. The SMILES string of the molecule is Cc1cc(-c2ccc3ccn(CC(=O)Cc4cccnc4)c(=O)c3c2)ccc1OC1OC(CO)C(O)C(O)C1O. The molecule has 1 fully saturated rings. The first-order valence-electron chi connectivity index (χ1n) is 12.9. The molecule has 1 aliphatic heterocycles. The Hall–Kier alpha value is -3.93. The fourth-order valence-corrected chi connectivity index (χ4v) is 4.81. The lowest BCUT2D eigenvalue weighted by molar-refractivity contribution is -0.277. The van der Waals surface area contributed by atoms with Gasteiger partial charge in [-0.05, 0) is 64.9 Å². The topological polar surface area (TPSA) is 151 Å². The normalized spacial score (nSPS) is 22.8. The molecular weight excluding hydrogens is 516 g/mol. The number of aliphatic hydroxyl groups is 4. The van der Waals surface area contributed by atoms with Crippen LogP contribution < -0.4 is 10.3 Å². The third-order valence-corrected chi connectivity index (χ3v) is 7.05. The number of ketones is 1. The van der Waals surface area contributed by atoms with Gasteiger partial charge >= 0.3 is 0 Å². The largest absolute Gasteiger partial charge is 0.462 e. The molecule has 0 bridgehead atoms. The van der Waals surface area contributed by atoms with Crippen molar-refractivity contribution >= 4 is 16.6 Å². The highest BCUT2D eigenvalue weighted by Gasteiger charge is 2.44. The Balaban J connectivity index is 1.36. The molecule has 0 aliphatic carbocycles. The molecule has 0 amide bonds. The Morgan fingerprint density at radius 3 is 2.52 bits per heavy atom. The summed E-state index contributed by atoms with van der Waals surface area (Å²) < 4.78 is 12.6. The highest BCUT2D eigenvalue weighted by Crippen LogP contribution is 2.30. The fraction of sp³-hybridized carbons (Fsp3) is 0.300. The molecule has 208 valence electrons. The van der Waals surface area contributed by atoms with Crippen molar-refractivity contribution in [3.8, 4) is 16.9 Å². The Labute approximate surface area is 229 Å². The number of fused-ring (bicyclic) bond motifs is 1. The molecule has 0 spiro atoms. The van der Waals surface area contributed by atoms with Gasteiger partial charge in [-0.1, -0.05) is 24.3 Å². The molecular formula is C30H30N2O8. The van der Waals surface area contributed by atoms with Crippen molar-refractivity contribution in [3.05, 3.63) is 94.7 Å². The average molecular weight is 547 g/mol. The summed E-state index contributed by atoms with van der Waals surface area (Å²) in [5.41, 5.74) is 2.81. The molecule has 10 heteroatoms. The lowest BCUT2D eigenvalue weighted by Crippen LogP contribution is -2.60. The van der Waals surface area contributed by atoms with Crippen LogP contribution in [0, 0.1) is 6.92 Å². The maximum absolute atomic E-state index is 13.3. The molecule has 2 aromatic carbocycles. The minimum absolute atomic E-state index is 0.0447. The van der Waals surface area contributed by atoms with Gasteiger partial charge in [0.05, 0.1) is 13.2 Å². The van der Waals surface area contributed by atoms with Crippen LogP contribution in [0.25, 0.3) is 21.9 Å². The number of nitrogens with zero attached hydrogens (tertiary/aromatic N) is 2. The quantitative estimate of drug-likeness (QED) is 0.257. The number of carbonyl (C=O) groups is 1. The van der Waals surface area contributed by atoms with E-state index in [0.29, 0.717) is 16.7 Å². The number of aryl methyl sites for hydroxylation is 1. The highest BCUT2D eigenvalue weighted by atomic mass is 16.7. The van der Waals surface area contributed by atoms with Gasteiger partial charge < -0.3 is 34.5 Å². The van der Waals surface area contributed by atoms with Gasteiger partial charge in [-0.3, -0.25) is 14.6 Å². The van der Waals surface area contributed by atoms with Crippen LogP contribution in [0.3, 0.4) is 0 Å². The second-order valence-electron chi connectivity index (χ2n) is 9.92. The monoisotopic (exact) mass is 546 g/mol. The molecule has 40 heavy (non-hydrogen) atoms. The number of hydrogen-bond acceptors (Lipinski definition) is 9. The zero-order valence-electron chi connectivity index (χ0n) is 21.8. The molecule has 4 N–H and O–H groups in total. The van der Waals surface area contributed by atoms with Crippen LogP contribution in [0.1, 0.15) is 11.1 Å². The molecule has 2 aromatic heterocycles. The number of ether oxygens (including phenoxy) is 2. The van der Waals surface area contributed by atoms with E-state index in [0.717, 1.165) is 22.1 Å². The van der Waals surface area contributed by atoms with E-state index in [1.807, 2.05) is 24.3 Å². The third kappa shape index (κ3) is 5.67. The number of hydrogen-bond donors (Lipinski definition) is 4. The summed E-state index contributed by atoms with van der Waals surface area (Å²) in [7, 11) is 0. The van der Waals surface area contributed by atoms with E-state index in [9.17, 15) is 30.0 Å². The summed E-state index contributed by atoms with van der Waals surface area (Å²) in [6.07, 6.45) is -1.80. The van der Waals surface area contributed by atoms with Crippen molar-refractivity contribution in [2.75, 3.05) is 6.61 Å². The first-order valence-corrected chi connectivity index (χ1v) is 12.9. The Morgan fingerprint density at radius 1 is 1.02 bits per heavy atom. The summed E-state index contributed by atoms with van der Waals surface area (Å²) in [6, 6.07) is 16.2. The van der Waals surface area contributed by atoms with Crippen LogP contribution >= 0.6 is 0 Å². The van der Waals surface area contributed by atoms with Crippen LogP contribution in [-0.2, 0) is 22.5 Å². The number of Topliss-reactive ketones (excluding diaryl/α,β-unsaturated/α-hetero) is 1. The molecule has 1 saturated heterocycles. The smallest absolute Gasteiger partial charge is 0.258 e. The minimum atomic E-state index is -1.54. The van der Waals surface area contributed by atoms with Crippen molar-refractivity contribution in [3.63, 3.8) is 0 Å². The molecule has 5 rings (SSSR count). The average Bonchev–Trinajstić information content (AvgIpc) is 2.96. The minimum Gasteiger partial charge on any atom is -0.462 e. The van der Waals surface area contributed by atoms with E-state index in [-0.39, 0.29) is 24.3 Å². The van der Waals surface area contributed by atoms with Gasteiger partial charge in [0.15, 0.2) is 5.78 Å². The number of aromatic nitrogens is 2. The third-order valence-electron chi connectivity index (χ3n) is 7.05. The van der Waals surface area contributed by atoms with Crippen LogP contribution in [-0.4, -0.2) is 73.1 Å². The van der Waals surface area contributed by atoms with Crippen LogP contribution in [0.15, 0.2) is 78.0 Å². The Morgan fingerprint density at radius 2 is 1.80 bits per heavy atom. The first-order chi connectivity index (χ1) is 19.2. The number of carbonyl (C=O) groups excluding carboxylic acids is 1. The summed E-state index contributed by atoms with van der Waals surface area (Å²) in [5.74, 6) is 0.277. The van der Waals surface area contributed by atoms with E-state index in [2.05, 4.69) is 4.98 Å². The van der Waals surface area contributed by atoms with Crippen LogP contribution in [0.5, 0.6) is 5.75 Å². The van der Waals surface area contributed by atoms with Gasteiger partial charge in [0.25, 0.3) is 5.56 Å². The second kappa shape index (κ2) is 11.7. The van der Waals surface area contributed by atoms with Gasteiger partial charge in [0, 0.05) is 30.4 Å². The molecule has 5 atom stereocenters. The van der Waals surface area contributed by atoms with Crippen LogP contribution in [0.4, 0.5) is 0 Å². The Bertz CT molecular complexity index is 1570. The van der Waals surface area contributed by atoms with E-state index < -0.39 is 37.3 Å². The van der Waals surface area contributed by atoms with E-state index in [4.69, 9.17) is 9.47 Å². The van der Waals surface area contributed by atoms with Crippen molar-refractivity contribution in [2.24, 2.45) is 0 Å². The predicted molar refractivity (Wildman–Crippen MR) is 146 cm³/mol. The molecule has 4 aromatic rings. The summed E-state index contributed by atoms with van der Waals surface area (Å²) >= 11 is 0. The molecule has 1 aliphatic rings. The number of aliphatic hydroxyl groups excluding tert-OH is 4. The molecule has 0 radical (unpaired) electrons. The second-order valence-corrected chi connectivity index (χ2v) is 9.92. The molecule has 5 unspecified atom stereocenters. The number of rotatable bonds is 8. The Kier molecular flexibility index (Phi) is 8.06. The van der Waals surface area contributed by atoms with Gasteiger partial charge in [0.2, 0.25) is 6.29 Å². The van der Waals surface area contributed by atoms with Gasteiger partial charge in [-0.25, -0.2) is 0 Å². The van der Waals surface area contributed by atoms with E-state index >= 15 is 0 Å². The maximum Gasteiger partial charge on any atom is 0.258 e. The summed E-state index contributed by atoms with van der Waals surface area (Å²) in [5, 5.41) is 40.9. The van der Waals surface area contributed by atoms with Gasteiger partial charge in [-0.15, -0.1) is 0 Å². The van der Waals surface area contributed by atoms with Crippen molar-refractivity contribution < 1.29 is 34.7 Å². The van der Waals surface area contributed by atoms with Crippen molar-refractivity contribution in [2.45, 2.75) is 50.6 Å². The van der Waals surface area contributed by atoms with E-state index in [1.54, 1.807) is 55.8 Å². The van der Waals surface area contributed by atoms with Gasteiger partial charge in [0.1, 0.15) is 30.2 Å². The van der Waals surface area contributed by atoms with E-state index in [1.165, 1.54) is 4.57 Å².